The van der Waals surface area contributed by atoms with Gasteiger partial charge in [-0.1, -0.05) is 0 Å². The maximum Gasteiger partial charge on any atom is 0.255 e. The van der Waals surface area contributed by atoms with Crippen LogP contribution in [0, 0.1) is 0 Å². The fourth-order valence-electron chi connectivity index (χ4n) is 2.01. The summed E-state index contributed by atoms with van der Waals surface area (Å²) in [6, 6.07) is 5.28. The zero-order valence-electron chi connectivity index (χ0n) is 11.1. The van der Waals surface area contributed by atoms with Crippen LogP contribution in [0.3, 0.4) is 0 Å². The van der Waals surface area contributed by atoms with Crippen LogP contribution in [0.5, 0.6) is 11.5 Å². The molecule has 0 saturated heterocycles. The van der Waals surface area contributed by atoms with Crippen LogP contribution in [0.1, 0.15) is 0 Å². The van der Waals surface area contributed by atoms with Crippen LogP contribution in [-0.2, 0) is 0 Å². The predicted octanol–water partition coefficient (Wildman–Crippen LogP) is 1.39. The molecule has 0 saturated carbocycles. The van der Waals surface area contributed by atoms with Crippen molar-refractivity contribution in [3.05, 3.63) is 30.6 Å². The van der Waals surface area contributed by atoms with Crippen LogP contribution < -0.4 is 15.2 Å². The van der Waals surface area contributed by atoms with Gasteiger partial charge < -0.3 is 15.2 Å². The molecule has 2 N–H and O–H groups in total. The van der Waals surface area contributed by atoms with E-state index in [0.29, 0.717) is 34.4 Å². The van der Waals surface area contributed by atoms with E-state index in [4.69, 9.17) is 15.2 Å². The fraction of sp³-hybridized carbons (Fsp3) is 0.154. The molecular weight excluding hydrogens is 258 g/mol. The number of methoxy groups -OCH3 is 2. The molecule has 7 heteroatoms. The van der Waals surface area contributed by atoms with Crippen LogP contribution in [0.4, 0.5) is 5.69 Å². The molecule has 0 aliphatic rings. The largest absolute Gasteiger partial charge is 0.493 e. The van der Waals surface area contributed by atoms with Crippen molar-refractivity contribution < 1.29 is 9.47 Å². The standard InChI is InChI=1S/C13H13N5O2/c1-19-10-6-8(9(14)7-11(10)20-2)12-16-17-13-15-4-3-5-18(12)13/h3-7H,14H2,1-2H3. The predicted molar refractivity (Wildman–Crippen MR) is 73.7 cm³/mol. The molecule has 3 rings (SSSR count). The minimum Gasteiger partial charge on any atom is -0.493 e. The van der Waals surface area contributed by atoms with Crippen LogP contribution in [0.15, 0.2) is 30.6 Å². The molecule has 20 heavy (non-hydrogen) atoms. The Morgan fingerprint density at radius 2 is 1.85 bits per heavy atom. The SMILES string of the molecule is COc1cc(N)c(-c2nnc3ncccn23)cc1OC. The molecule has 102 valence electrons. The summed E-state index contributed by atoms with van der Waals surface area (Å²) in [5.74, 6) is 2.27. The van der Waals surface area contributed by atoms with Gasteiger partial charge in [-0.3, -0.25) is 4.40 Å². The molecule has 1 aromatic carbocycles. The van der Waals surface area contributed by atoms with E-state index in [1.165, 1.54) is 0 Å². The van der Waals surface area contributed by atoms with Crippen LogP contribution in [-0.4, -0.2) is 33.8 Å². The average molecular weight is 271 g/mol. The summed E-state index contributed by atoms with van der Waals surface area (Å²) in [6.07, 6.45) is 3.49. The highest BCUT2D eigenvalue weighted by Crippen LogP contribution is 2.36. The molecule has 0 aliphatic carbocycles. The highest BCUT2D eigenvalue weighted by Gasteiger charge is 2.15. The van der Waals surface area contributed by atoms with E-state index in [-0.39, 0.29) is 0 Å². The second-order valence-electron chi connectivity index (χ2n) is 4.11. The number of nitrogen functional groups attached to an aromatic ring is 1. The quantitative estimate of drug-likeness (QED) is 0.724. The normalized spacial score (nSPS) is 10.7. The number of fused-ring (bicyclic) bond motifs is 1. The summed E-state index contributed by atoms with van der Waals surface area (Å²) in [6.45, 7) is 0. The van der Waals surface area contributed by atoms with Crippen LogP contribution in [0.2, 0.25) is 0 Å². The van der Waals surface area contributed by atoms with Crippen molar-refractivity contribution in [3.63, 3.8) is 0 Å². The number of rotatable bonds is 3. The third kappa shape index (κ3) is 1.80. The van der Waals surface area contributed by atoms with Crippen molar-refractivity contribution >= 4 is 11.5 Å². The Balaban J connectivity index is 2.24. The Bertz CT molecular complexity index is 769. The molecule has 0 amide bonds. The third-order valence-electron chi connectivity index (χ3n) is 2.99. The smallest absolute Gasteiger partial charge is 0.255 e. The number of hydrogen-bond acceptors (Lipinski definition) is 6. The maximum absolute atomic E-state index is 6.07. The first kappa shape index (κ1) is 12.2. The van der Waals surface area contributed by atoms with Gasteiger partial charge in [0.15, 0.2) is 17.3 Å². The molecule has 0 aliphatic heterocycles. The number of ether oxygens (including phenoxy) is 2. The first-order valence-electron chi connectivity index (χ1n) is 5.92. The summed E-state index contributed by atoms with van der Waals surface area (Å²) < 4.78 is 12.3. The second kappa shape index (κ2) is 4.69. The van der Waals surface area contributed by atoms with Gasteiger partial charge in [-0.15, -0.1) is 10.2 Å². The molecule has 2 heterocycles. The van der Waals surface area contributed by atoms with Crippen molar-refractivity contribution in [2.45, 2.75) is 0 Å². The van der Waals surface area contributed by atoms with Gasteiger partial charge in [-0.2, -0.15) is 0 Å². The van der Waals surface area contributed by atoms with E-state index in [1.807, 2.05) is 6.20 Å². The molecule has 0 fully saturated rings. The summed E-state index contributed by atoms with van der Waals surface area (Å²) >= 11 is 0. The summed E-state index contributed by atoms with van der Waals surface area (Å²) in [5.41, 5.74) is 7.31. The summed E-state index contributed by atoms with van der Waals surface area (Å²) in [4.78, 5) is 4.13. The molecule has 2 aromatic heterocycles. The molecule has 0 atom stereocenters. The fourth-order valence-corrected chi connectivity index (χ4v) is 2.01. The third-order valence-corrected chi connectivity index (χ3v) is 2.99. The molecular formula is C13H13N5O2. The Morgan fingerprint density at radius 3 is 2.60 bits per heavy atom. The van der Waals surface area contributed by atoms with Crippen molar-refractivity contribution in [1.29, 1.82) is 0 Å². The van der Waals surface area contributed by atoms with Crippen molar-refractivity contribution in [2.75, 3.05) is 20.0 Å². The average Bonchev–Trinajstić information content (AvgIpc) is 2.90. The monoisotopic (exact) mass is 271 g/mol. The van der Waals surface area contributed by atoms with E-state index >= 15 is 0 Å². The van der Waals surface area contributed by atoms with Gasteiger partial charge in [-0.05, 0) is 12.1 Å². The van der Waals surface area contributed by atoms with E-state index in [2.05, 4.69) is 15.2 Å². The van der Waals surface area contributed by atoms with E-state index < -0.39 is 0 Å². The molecule has 0 radical (unpaired) electrons. The van der Waals surface area contributed by atoms with Crippen LogP contribution in [0.25, 0.3) is 17.2 Å². The zero-order valence-corrected chi connectivity index (χ0v) is 11.1. The van der Waals surface area contributed by atoms with E-state index in [1.54, 1.807) is 43.0 Å². The van der Waals surface area contributed by atoms with Crippen LogP contribution >= 0.6 is 0 Å². The first-order valence-corrected chi connectivity index (χ1v) is 5.92. The maximum atomic E-state index is 6.07. The van der Waals surface area contributed by atoms with Crippen molar-refractivity contribution in [1.82, 2.24) is 19.6 Å². The number of hydrogen-bond donors (Lipinski definition) is 1. The van der Waals surface area contributed by atoms with Crippen molar-refractivity contribution in [2.24, 2.45) is 0 Å². The summed E-state index contributed by atoms with van der Waals surface area (Å²) in [5, 5.41) is 8.14. The second-order valence-corrected chi connectivity index (χ2v) is 4.11. The molecule has 0 spiro atoms. The van der Waals surface area contributed by atoms with Gasteiger partial charge in [-0.25, -0.2) is 4.98 Å². The Kier molecular flexibility index (Phi) is 2.86. The van der Waals surface area contributed by atoms with Gasteiger partial charge in [0.1, 0.15) is 0 Å². The lowest BCUT2D eigenvalue weighted by atomic mass is 10.1. The van der Waals surface area contributed by atoms with Gasteiger partial charge in [0.25, 0.3) is 5.78 Å². The van der Waals surface area contributed by atoms with Gasteiger partial charge in [0.05, 0.1) is 14.2 Å². The lowest BCUT2D eigenvalue weighted by molar-refractivity contribution is 0.355. The number of nitrogens with two attached hydrogens (primary N) is 1. The lowest BCUT2D eigenvalue weighted by Gasteiger charge is -2.11. The molecule has 3 aromatic rings. The Morgan fingerprint density at radius 1 is 1.10 bits per heavy atom. The van der Waals surface area contributed by atoms with E-state index in [9.17, 15) is 0 Å². The number of aromatic nitrogens is 4. The van der Waals surface area contributed by atoms with Gasteiger partial charge in [0.2, 0.25) is 0 Å². The topological polar surface area (TPSA) is 87.6 Å². The number of benzene rings is 1. The highest BCUT2D eigenvalue weighted by atomic mass is 16.5. The van der Waals surface area contributed by atoms with E-state index in [0.717, 1.165) is 0 Å². The Labute approximate surface area is 115 Å². The highest BCUT2D eigenvalue weighted by molar-refractivity contribution is 5.76. The lowest BCUT2D eigenvalue weighted by Crippen LogP contribution is -1.98. The Hall–Kier alpha value is -2.83. The zero-order chi connectivity index (χ0) is 14.1. The number of anilines is 1. The van der Waals surface area contributed by atoms with Crippen molar-refractivity contribution in [3.8, 4) is 22.9 Å². The molecule has 0 unspecified atom stereocenters. The van der Waals surface area contributed by atoms with Gasteiger partial charge >= 0.3 is 0 Å². The molecule has 0 bridgehead atoms. The first-order chi connectivity index (χ1) is 9.74. The number of nitrogens with zero attached hydrogens (tertiary/aromatic N) is 4. The van der Waals surface area contributed by atoms with Gasteiger partial charge in [0, 0.05) is 29.7 Å². The summed E-state index contributed by atoms with van der Waals surface area (Å²) in [7, 11) is 3.13. The minimum atomic E-state index is 0.511. The minimum absolute atomic E-state index is 0.511. The molecule has 7 nitrogen and oxygen atoms in total.